The molecule has 0 bridgehead atoms. The van der Waals surface area contributed by atoms with E-state index in [9.17, 15) is 0 Å². The average molecular weight is 418 g/mol. The van der Waals surface area contributed by atoms with Crippen LogP contribution in [0.1, 0.15) is 65.3 Å². The molecule has 0 amide bonds. The first kappa shape index (κ1) is 23.7. The Hall–Kier alpha value is -1.31. The Morgan fingerprint density at radius 3 is 2.52 bits per heavy atom. The molecular weight excluding hydrogens is 385 g/mol. The van der Waals surface area contributed by atoms with E-state index in [1.807, 2.05) is 6.33 Å². The normalized spacial score (nSPS) is 20.4. The summed E-state index contributed by atoms with van der Waals surface area (Å²) < 4.78 is 2.15. The van der Waals surface area contributed by atoms with Crippen LogP contribution in [0.3, 0.4) is 0 Å². The highest BCUT2D eigenvalue weighted by atomic mass is 35.5. The minimum absolute atomic E-state index is 0. The maximum Gasteiger partial charge on any atom is 0.227 e. The third-order valence-electron chi connectivity index (χ3n) is 5.13. The van der Waals surface area contributed by atoms with Gasteiger partial charge in [-0.05, 0) is 45.4 Å². The zero-order valence-corrected chi connectivity index (χ0v) is 18.1. The average Bonchev–Trinajstić information content (AvgIpc) is 3.05. The van der Waals surface area contributed by atoms with Crippen LogP contribution >= 0.6 is 24.8 Å². The summed E-state index contributed by atoms with van der Waals surface area (Å²) in [6.45, 7) is 7.39. The van der Waals surface area contributed by atoms with Gasteiger partial charge in [0.05, 0.1) is 6.33 Å². The van der Waals surface area contributed by atoms with Crippen molar-refractivity contribution < 1.29 is 0 Å². The molecule has 2 aromatic rings. The zero-order chi connectivity index (χ0) is 17.8. The molecule has 0 aromatic carbocycles. The molecule has 0 saturated heterocycles. The second-order valence-corrected chi connectivity index (χ2v) is 7.16. The zero-order valence-electron chi connectivity index (χ0n) is 16.4. The summed E-state index contributed by atoms with van der Waals surface area (Å²) in [6.07, 6.45) is 8.23. The third kappa shape index (κ3) is 5.59. The standard InChI is InChI=1S/C18H31N7.2ClH/c1-4-10-20-16-15-17(25(11-21-15)12(3)5-2)24-18(23-16)22-14-8-6-13(19)7-9-14;;/h11-14H,4-10,19H2,1-3H3,(H2,20,22,23,24);2*1H. The Bertz CT molecular complexity index is 698. The number of fused-ring (bicyclic) bond motifs is 1. The minimum atomic E-state index is 0. The fraction of sp³-hybridized carbons (Fsp3) is 0.722. The summed E-state index contributed by atoms with van der Waals surface area (Å²) in [6, 6.07) is 1.10. The second kappa shape index (κ2) is 10.9. The van der Waals surface area contributed by atoms with Gasteiger partial charge in [0.15, 0.2) is 17.0 Å². The molecule has 27 heavy (non-hydrogen) atoms. The third-order valence-corrected chi connectivity index (χ3v) is 5.13. The highest BCUT2D eigenvalue weighted by Gasteiger charge is 2.21. The summed E-state index contributed by atoms with van der Waals surface area (Å²) in [4.78, 5) is 14.1. The topological polar surface area (TPSA) is 93.7 Å². The van der Waals surface area contributed by atoms with Crippen LogP contribution in [0.2, 0.25) is 0 Å². The van der Waals surface area contributed by atoms with Gasteiger partial charge in [-0.1, -0.05) is 13.8 Å². The van der Waals surface area contributed by atoms with Gasteiger partial charge in [-0.15, -0.1) is 24.8 Å². The van der Waals surface area contributed by atoms with Crippen molar-refractivity contribution in [2.45, 2.75) is 77.4 Å². The molecule has 1 atom stereocenters. The van der Waals surface area contributed by atoms with E-state index in [2.05, 4.69) is 41.0 Å². The number of rotatable bonds is 7. The number of imidazole rings is 1. The molecule has 4 N–H and O–H groups in total. The summed E-state index contributed by atoms with van der Waals surface area (Å²) in [5, 5.41) is 6.93. The van der Waals surface area contributed by atoms with Crippen LogP contribution in [0.25, 0.3) is 11.2 Å². The van der Waals surface area contributed by atoms with E-state index in [0.717, 1.165) is 62.1 Å². The fourth-order valence-electron chi connectivity index (χ4n) is 3.31. The minimum Gasteiger partial charge on any atom is -0.368 e. The van der Waals surface area contributed by atoms with Crippen LogP contribution in [0, 0.1) is 0 Å². The maximum absolute atomic E-state index is 6.02. The van der Waals surface area contributed by atoms with Crippen LogP contribution < -0.4 is 16.4 Å². The number of nitrogens with one attached hydrogen (secondary N) is 2. The molecule has 154 valence electrons. The van der Waals surface area contributed by atoms with Crippen molar-refractivity contribution in [2.75, 3.05) is 17.2 Å². The molecule has 1 aliphatic rings. The Labute approximate surface area is 174 Å². The second-order valence-electron chi connectivity index (χ2n) is 7.16. The van der Waals surface area contributed by atoms with E-state index in [1.165, 1.54) is 0 Å². The van der Waals surface area contributed by atoms with Crippen molar-refractivity contribution >= 4 is 47.7 Å². The van der Waals surface area contributed by atoms with Gasteiger partial charge < -0.3 is 20.9 Å². The molecule has 1 saturated carbocycles. The van der Waals surface area contributed by atoms with Crippen LogP contribution in [0.15, 0.2) is 6.33 Å². The molecule has 0 radical (unpaired) electrons. The van der Waals surface area contributed by atoms with Crippen molar-refractivity contribution in [3.8, 4) is 0 Å². The van der Waals surface area contributed by atoms with E-state index in [1.54, 1.807) is 0 Å². The highest BCUT2D eigenvalue weighted by molar-refractivity contribution is 5.86. The summed E-state index contributed by atoms with van der Waals surface area (Å²) in [5.74, 6) is 1.51. The fourth-order valence-corrected chi connectivity index (χ4v) is 3.31. The lowest BCUT2D eigenvalue weighted by atomic mass is 9.92. The van der Waals surface area contributed by atoms with Crippen molar-refractivity contribution in [1.29, 1.82) is 0 Å². The molecule has 9 heteroatoms. The first-order valence-corrected chi connectivity index (χ1v) is 9.62. The van der Waals surface area contributed by atoms with Crippen molar-refractivity contribution in [1.82, 2.24) is 19.5 Å². The lowest BCUT2D eigenvalue weighted by Gasteiger charge is -2.27. The highest BCUT2D eigenvalue weighted by Crippen LogP contribution is 2.26. The Balaban J connectivity index is 0.00000182. The monoisotopic (exact) mass is 417 g/mol. The maximum atomic E-state index is 6.02. The smallest absolute Gasteiger partial charge is 0.227 e. The van der Waals surface area contributed by atoms with E-state index in [0.29, 0.717) is 24.1 Å². The predicted octanol–water partition coefficient (Wildman–Crippen LogP) is 4.14. The Morgan fingerprint density at radius 1 is 1.19 bits per heavy atom. The number of anilines is 2. The van der Waals surface area contributed by atoms with Crippen molar-refractivity contribution in [3.63, 3.8) is 0 Å². The molecule has 3 rings (SSSR count). The van der Waals surface area contributed by atoms with E-state index in [4.69, 9.17) is 15.7 Å². The first-order valence-electron chi connectivity index (χ1n) is 9.62. The molecular formula is C18H33Cl2N7. The van der Waals surface area contributed by atoms with Gasteiger partial charge in [0.25, 0.3) is 0 Å². The van der Waals surface area contributed by atoms with Gasteiger partial charge in [0.2, 0.25) is 5.95 Å². The van der Waals surface area contributed by atoms with Gasteiger partial charge in [-0.3, -0.25) is 0 Å². The molecule has 0 aliphatic heterocycles. The van der Waals surface area contributed by atoms with Crippen LogP contribution in [-0.4, -0.2) is 38.1 Å². The van der Waals surface area contributed by atoms with Crippen molar-refractivity contribution in [3.05, 3.63) is 6.33 Å². The summed E-state index contributed by atoms with van der Waals surface area (Å²) in [5.41, 5.74) is 7.77. The number of nitrogens with zero attached hydrogens (tertiary/aromatic N) is 4. The SMILES string of the molecule is CCCNc1nc(NC2CCC(N)CC2)nc2c1ncn2C(C)CC.Cl.Cl. The predicted molar refractivity (Wildman–Crippen MR) is 117 cm³/mol. The van der Waals surface area contributed by atoms with Gasteiger partial charge in [0.1, 0.15) is 0 Å². The molecule has 2 aromatic heterocycles. The van der Waals surface area contributed by atoms with Gasteiger partial charge in [0, 0.05) is 24.7 Å². The van der Waals surface area contributed by atoms with Crippen molar-refractivity contribution in [2.24, 2.45) is 5.73 Å². The lowest BCUT2D eigenvalue weighted by molar-refractivity contribution is 0.410. The quantitative estimate of drug-likeness (QED) is 0.626. The largest absolute Gasteiger partial charge is 0.368 e. The molecule has 0 spiro atoms. The molecule has 1 aliphatic carbocycles. The van der Waals surface area contributed by atoms with Crippen LogP contribution in [-0.2, 0) is 0 Å². The van der Waals surface area contributed by atoms with E-state index in [-0.39, 0.29) is 24.8 Å². The number of halogens is 2. The molecule has 7 nitrogen and oxygen atoms in total. The summed E-state index contributed by atoms with van der Waals surface area (Å²) in [7, 11) is 0. The number of nitrogens with two attached hydrogens (primary N) is 1. The van der Waals surface area contributed by atoms with Gasteiger partial charge >= 0.3 is 0 Å². The van der Waals surface area contributed by atoms with E-state index >= 15 is 0 Å². The van der Waals surface area contributed by atoms with Gasteiger partial charge in [-0.2, -0.15) is 9.97 Å². The first-order chi connectivity index (χ1) is 12.1. The van der Waals surface area contributed by atoms with E-state index < -0.39 is 0 Å². The Kier molecular flexibility index (Phi) is 9.56. The molecule has 1 fully saturated rings. The lowest BCUT2D eigenvalue weighted by Crippen LogP contribution is -2.33. The number of hydrogen-bond acceptors (Lipinski definition) is 6. The number of aromatic nitrogens is 4. The summed E-state index contributed by atoms with van der Waals surface area (Å²) >= 11 is 0. The molecule has 2 heterocycles. The Morgan fingerprint density at radius 2 is 1.89 bits per heavy atom. The van der Waals surface area contributed by atoms with Gasteiger partial charge in [-0.25, -0.2) is 4.98 Å². The number of hydrogen-bond donors (Lipinski definition) is 3. The van der Waals surface area contributed by atoms with Crippen LogP contribution in [0.5, 0.6) is 0 Å². The van der Waals surface area contributed by atoms with Crippen LogP contribution in [0.4, 0.5) is 11.8 Å². The molecule has 1 unspecified atom stereocenters.